The quantitative estimate of drug-likeness (QED) is 0.829. The van der Waals surface area contributed by atoms with Crippen molar-refractivity contribution in [2.24, 2.45) is 5.92 Å². The third-order valence-corrected chi connectivity index (χ3v) is 5.00. The zero-order valence-electron chi connectivity index (χ0n) is 16.4. The van der Waals surface area contributed by atoms with Crippen molar-refractivity contribution >= 4 is 17.5 Å². The minimum atomic E-state index is -0.501. The lowest BCUT2D eigenvalue weighted by Gasteiger charge is -2.25. The number of anilines is 1. The van der Waals surface area contributed by atoms with Crippen LogP contribution in [0.15, 0.2) is 42.5 Å². The van der Waals surface area contributed by atoms with Crippen LogP contribution in [0.5, 0.6) is 17.2 Å². The van der Waals surface area contributed by atoms with Gasteiger partial charge in [0.15, 0.2) is 11.5 Å². The number of hydrogen-bond acceptors (Lipinski definition) is 5. The topological polar surface area (TPSA) is 77.1 Å². The predicted molar refractivity (Wildman–Crippen MR) is 105 cm³/mol. The lowest BCUT2D eigenvalue weighted by atomic mass is 9.93. The van der Waals surface area contributed by atoms with Gasteiger partial charge in [-0.05, 0) is 5.56 Å². The SMILES string of the molecule is COc1cc(NC(=O)C2CC(=O)N(C)C2c2ccccc2)cc(OC)c1OC. The Bertz CT molecular complexity index is 843. The van der Waals surface area contributed by atoms with Gasteiger partial charge in [0, 0.05) is 31.3 Å². The Morgan fingerprint density at radius 3 is 2.18 bits per heavy atom. The first-order valence-corrected chi connectivity index (χ1v) is 8.91. The number of benzene rings is 2. The molecular formula is C21H24N2O5. The van der Waals surface area contributed by atoms with Gasteiger partial charge in [-0.25, -0.2) is 0 Å². The summed E-state index contributed by atoms with van der Waals surface area (Å²) >= 11 is 0. The van der Waals surface area contributed by atoms with E-state index in [1.165, 1.54) is 21.3 Å². The third-order valence-electron chi connectivity index (χ3n) is 5.00. The zero-order valence-corrected chi connectivity index (χ0v) is 16.4. The molecule has 2 atom stereocenters. The molecule has 148 valence electrons. The van der Waals surface area contributed by atoms with Gasteiger partial charge in [-0.2, -0.15) is 0 Å². The van der Waals surface area contributed by atoms with Gasteiger partial charge in [-0.3, -0.25) is 9.59 Å². The van der Waals surface area contributed by atoms with Crippen LogP contribution in [0, 0.1) is 5.92 Å². The molecule has 7 nitrogen and oxygen atoms in total. The summed E-state index contributed by atoms with van der Waals surface area (Å²) in [5.41, 5.74) is 1.44. The number of ether oxygens (including phenoxy) is 3. The second-order valence-corrected chi connectivity index (χ2v) is 6.57. The van der Waals surface area contributed by atoms with Crippen molar-refractivity contribution in [2.75, 3.05) is 33.7 Å². The zero-order chi connectivity index (χ0) is 20.3. The molecule has 2 aromatic rings. The molecule has 28 heavy (non-hydrogen) atoms. The van der Waals surface area contributed by atoms with E-state index in [-0.39, 0.29) is 24.3 Å². The van der Waals surface area contributed by atoms with Crippen LogP contribution in [0.3, 0.4) is 0 Å². The third kappa shape index (κ3) is 3.60. The highest BCUT2D eigenvalue weighted by atomic mass is 16.5. The normalized spacial score (nSPS) is 18.7. The second kappa shape index (κ2) is 8.21. The first-order chi connectivity index (χ1) is 13.5. The van der Waals surface area contributed by atoms with Crippen molar-refractivity contribution in [1.29, 1.82) is 0 Å². The molecule has 2 unspecified atom stereocenters. The molecule has 1 aliphatic rings. The maximum absolute atomic E-state index is 13.0. The number of amides is 2. The molecule has 0 aliphatic carbocycles. The predicted octanol–water partition coefficient (Wildman–Crippen LogP) is 2.87. The van der Waals surface area contributed by atoms with Crippen LogP contribution in [0.4, 0.5) is 5.69 Å². The van der Waals surface area contributed by atoms with Crippen molar-refractivity contribution in [1.82, 2.24) is 4.90 Å². The monoisotopic (exact) mass is 384 g/mol. The van der Waals surface area contributed by atoms with Crippen LogP contribution in [-0.4, -0.2) is 45.1 Å². The van der Waals surface area contributed by atoms with Gasteiger partial charge in [0.2, 0.25) is 17.6 Å². The van der Waals surface area contributed by atoms with Crippen molar-refractivity contribution in [3.8, 4) is 17.2 Å². The van der Waals surface area contributed by atoms with Crippen molar-refractivity contribution < 1.29 is 23.8 Å². The maximum atomic E-state index is 13.0. The van der Waals surface area contributed by atoms with Crippen molar-refractivity contribution in [3.05, 3.63) is 48.0 Å². The summed E-state index contributed by atoms with van der Waals surface area (Å²) in [5.74, 6) is 0.535. The number of methoxy groups -OCH3 is 3. The summed E-state index contributed by atoms with van der Waals surface area (Å²) < 4.78 is 16.0. The van der Waals surface area contributed by atoms with E-state index in [0.717, 1.165) is 5.56 Å². The van der Waals surface area contributed by atoms with E-state index < -0.39 is 5.92 Å². The summed E-state index contributed by atoms with van der Waals surface area (Å²) in [6.07, 6.45) is 0.159. The van der Waals surface area contributed by atoms with E-state index in [0.29, 0.717) is 22.9 Å². The van der Waals surface area contributed by atoms with Gasteiger partial charge in [-0.1, -0.05) is 30.3 Å². The Balaban J connectivity index is 1.89. The van der Waals surface area contributed by atoms with Gasteiger partial charge in [-0.15, -0.1) is 0 Å². The number of rotatable bonds is 6. The lowest BCUT2D eigenvalue weighted by Crippen LogP contribution is -2.30. The summed E-state index contributed by atoms with van der Waals surface area (Å²) in [7, 11) is 6.27. The molecule has 1 heterocycles. The van der Waals surface area contributed by atoms with Gasteiger partial charge in [0.1, 0.15) is 0 Å². The molecule has 0 bridgehead atoms. The average molecular weight is 384 g/mol. The van der Waals surface area contributed by atoms with Crippen LogP contribution in [0.25, 0.3) is 0 Å². The fraction of sp³-hybridized carbons (Fsp3) is 0.333. The van der Waals surface area contributed by atoms with E-state index in [9.17, 15) is 9.59 Å². The number of hydrogen-bond donors (Lipinski definition) is 1. The molecule has 3 rings (SSSR count). The van der Waals surface area contributed by atoms with Gasteiger partial charge in [0.05, 0.1) is 33.3 Å². The van der Waals surface area contributed by atoms with Crippen LogP contribution in [-0.2, 0) is 9.59 Å². The van der Waals surface area contributed by atoms with E-state index in [2.05, 4.69) is 5.32 Å². The van der Waals surface area contributed by atoms with Gasteiger partial charge >= 0.3 is 0 Å². The Morgan fingerprint density at radius 1 is 1.04 bits per heavy atom. The van der Waals surface area contributed by atoms with Crippen LogP contribution in [0.1, 0.15) is 18.0 Å². The molecular weight excluding hydrogens is 360 g/mol. The molecule has 1 N–H and O–H groups in total. The smallest absolute Gasteiger partial charge is 0.230 e. The Kier molecular flexibility index (Phi) is 5.73. The maximum Gasteiger partial charge on any atom is 0.230 e. The largest absolute Gasteiger partial charge is 0.493 e. The van der Waals surface area contributed by atoms with E-state index in [4.69, 9.17) is 14.2 Å². The molecule has 1 aliphatic heterocycles. The van der Waals surface area contributed by atoms with Gasteiger partial charge < -0.3 is 24.4 Å². The highest BCUT2D eigenvalue weighted by Gasteiger charge is 2.42. The number of nitrogens with one attached hydrogen (secondary N) is 1. The Morgan fingerprint density at radius 2 is 1.64 bits per heavy atom. The van der Waals surface area contributed by atoms with Crippen LogP contribution >= 0.6 is 0 Å². The second-order valence-electron chi connectivity index (χ2n) is 6.57. The molecule has 0 radical (unpaired) electrons. The van der Waals surface area contributed by atoms with Gasteiger partial charge in [0.25, 0.3) is 0 Å². The van der Waals surface area contributed by atoms with E-state index >= 15 is 0 Å². The molecule has 1 fully saturated rings. The van der Waals surface area contributed by atoms with Crippen molar-refractivity contribution in [2.45, 2.75) is 12.5 Å². The Labute approximate surface area is 164 Å². The molecule has 0 aromatic heterocycles. The standard InChI is InChI=1S/C21H24N2O5/c1-23-18(24)12-15(19(23)13-8-6-5-7-9-13)21(25)22-14-10-16(26-2)20(28-4)17(11-14)27-3/h5-11,15,19H,12H2,1-4H3,(H,22,25). The summed E-state index contributed by atoms with van der Waals surface area (Å²) in [6, 6.07) is 12.6. The van der Waals surface area contributed by atoms with E-state index in [1.54, 1.807) is 24.1 Å². The highest BCUT2D eigenvalue weighted by molar-refractivity contribution is 5.98. The molecule has 1 saturated heterocycles. The minimum absolute atomic E-state index is 0.0566. The molecule has 0 saturated carbocycles. The first-order valence-electron chi connectivity index (χ1n) is 8.91. The van der Waals surface area contributed by atoms with Crippen molar-refractivity contribution in [3.63, 3.8) is 0 Å². The number of nitrogens with zero attached hydrogens (tertiary/aromatic N) is 1. The summed E-state index contributed by atoms with van der Waals surface area (Å²) in [6.45, 7) is 0. The molecule has 7 heteroatoms. The number of likely N-dealkylation sites (tertiary alicyclic amines) is 1. The van der Waals surface area contributed by atoms with Crippen LogP contribution in [0.2, 0.25) is 0 Å². The number of carbonyl (C=O) groups is 2. The summed E-state index contributed by atoms with van der Waals surface area (Å²) in [5, 5.41) is 2.89. The summed E-state index contributed by atoms with van der Waals surface area (Å²) in [4.78, 5) is 27.0. The molecule has 2 aromatic carbocycles. The Hall–Kier alpha value is -3.22. The van der Waals surface area contributed by atoms with Crippen LogP contribution < -0.4 is 19.5 Å². The first kappa shape index (κ1) is 19.5. The average Bonchev–Trinajstić information content (AvgIpc) is 3.02. The molecule has 2 amide bonds. The lowest BCUT2D eigenvalue weighted by molar-refractivity contribution is -0.127. The minimum Gasteiger partial charge on any atom is -0.493 e. The fourth-order valence-electron chi connectivity index (χ4n) is 3.60. The molecule has 0 spiro atoms. The fourth-order valence-corrected chi connectivity index (χ4v) is 3.60. The van der Waals surface area contributed by atoms with E-state index in [1.807, 2.05) is 30.3 Å². The number of carbonyl (C=O) groups excluding carboxylic acids is 2. The highest BCUT2D eigenvalue weighted by Crippen LogP contribution is 2.41.